The first-order chi connectivity index (χ1) is 16.4. The molecule has 0 saturated heterocycles. The first-order valence-electron chi connectivity index (χ1n) is 11.1. The summed E-state index contributed by atoms with van der Waals surface area (Å²) in [6.45, 7) is 2.46. The fourth-order valence-electron chi connectivity index (χ4n) is 3.73. The van der Waals surface area contributed by atoms with E-state index < -0.39 is 9.84 Å². The molecule has 5 nitrogen and oxygen atoms in total. The van der Waals surface area contributed by atoms with Gasteiger partial charge in [-0.1, -0.05) is 72.3 Å². The van der Waals surface area contributed by atoms with E-state index in [1.807, 2.05) is 42.5 Å². The summed E-state index contributed by atoms with van der Waals surface area (Å²) in [5.74, 6) is -0.258. The van der Waals surface area contributed by atoms with Crippen LogP contribution in [0.15, 0.2) is 77.7 Å². The van der Waals surface area contributed by atoms with Crippen molar-refractivity contribution in [1.29, 1.82) is 0 Å². The van der Waals surface area contributed by atoms with Gasteiger partial charge in [-0.25, -0.2) is 13.4 Å². The molecule has 0 saturated carbocycles. The summed E-state index contributed by atoms with van der Waals surface area (Å²) in [6.07, 6.45) is 1.19. The number of amides is 1. The van der Waals surface area contributed by atoms with E-state index in [1.54, 1.807) is 17.0 Å². The monoisotopic (exact) mass is 512 g/mol. The lowest BCUT2D eigenvalue weighted by molar-refractivity contribution is -0.118. The Balaban J connectivity index is 1.54. The molecule has 0 N–H and O–H groups in total. The van der Waals surface area contributed by atoms with Gasteiger partial charge in [0.2, 0.25) is 5.91 Å². The minimum atomic E-state index is -3.49. The summed E-state index contributed by atoms with van der Waals surface area (Å²) < 4.78 is 26.4. The largest absolute Gasteiger partial charge is 0.284 e. The maximum atomic E-state index is 13.3. The van der Waals surface area contributed by atoms with Crippen LogP contribution in [0.4, 0.5) is 5.13 Å². The number of fused-ring (bicyclic) bond motifs is 1. The Hall–Kier alpha value is -2.74. The number of hydrogen-bond donors (Lipinski definition) is 0. The molecule has 3 aromatic carbocycles. The van der Waals surface area contributed by atoms with Crippen molar-refractivity contribution in [1.82, 2.24) is 4.98 Å². The van der Waals surface area contributed by atoms with E-state index in [1.165, 1.54) is 23.5 Å². The number of hydrogen-bond acceptors (Lipinski definition) is 5. The van der Waals surface area contributed by atoms with Crippen molar-refractivity contribution in [3.8, 4) is 0 Å². The Bertz CT molecular complexity index is 1380. The molecule has 0 radical (unpaired) electrons. The van der Waals surface area contributed by atoms with Crippen LogP contribution in [0.1, 0.15) is 30.9 Å². The highest BCUT2D eigenvalue weighted by atomic mass is 35.5. The van der Waals surface area contributed by atoms with Crippen molar-refractivity contribution >= 4 is 54.0 Å². The van der Waals surface area contributed by atoms with E-state index in [0.717, 1.165) is 27.8 Å². The summed E-state index contributed by atoms with van der Waals surface area (Å²) in [6, 6.07) is 21.9. The SMILES string of the molecule is CCc1cccc2sc(N(Cc3ccccc3)C(=O)CCCS(=O)(=O)c3ccc(Cl)cc3)nc12. The van der Waals surface area contributed by atoms with Gasteiger partial charge in [0.1, 0.15) is 0 Å². The minimum absolute atomic E-state index is 0.107. The Morgan fingerprint density at radius 2 is 1.74 bits per heavy atom. The van der Waals surface area contributed by atoms with Gasteiger partial charge in [-0.3, -0.25) is 9.69 Å². The van der Waals surface area contributed by atoms with Gasteiger partial charge in [0, 0.05) is 11.4 Å². The van der Waals surface area contributed by atoms with Crippen molar-refractivity contribution in [2.24, 2.45) is 0 Å². The third-order valence-electron chi connectivity index (χ3n) is 5.56. The molecule has 0 aliphatic rings. The molecule has 4 rings (SSSR count). The number of aryl methyl sites for hydroxylation is 1. The summed E-state index contributed by atoms with van der Waals surface area (Å²) >= 11 is 7.35. The summed E-state index contributed by atoms with van der Waals surface area (Å²) in [7, 11) is -3.49. The van der Waals surface area contributed by atoms with Crippen LogP contribution in [0, 0.1) is 0 Å². The van der Waals surface area contributed by atoms with Crippen LogP contribution in [-0.2, 0) is 27.6 Å². The van der Waals surface area contributed by atoms with E-state index in [-0.39, 0.29) is 29.4 Å². The lowest BCUT2D eigenvalue weighted by Crippen LogP contribution is -2.30. The van der Waals surface area contributed by atoms with Crippen LogP contribution < -0.4 is 4.90 Å². The molecule has 4 aromatic rings. The molecule has 1 heterocycles. The number of anilines is 1. The summed E-state index contributed by atoms with van der Waals surface area (Å²) in [5.41, 5.74) is 3.04. The van der Waals surface area contributed by atoms with Crippen molar-refractivity contribution in [3.63, 3.8) is 0 Å². The maximum absolute atomic E-state index is 13.3. The molecule has 0 spiro atoms. The van der Waals surface area contributed by atoms with Gasteiger partial charge in [0.05, 0.1) is 27.4 Å². The van der Waals surface area contributed by atoms with Gasteiger partial charge in [-0.05, 0) is 54.3 Å². The highest BCUT2D eigenvalue weighted by molar-refractivity contribution is 7.91. The Kier molecular flexibility index (Phi) is 7.66. The third-order valence-corrected chi connectivity index (χ3v) is 8.68. The number of halogens is 1. The van der Waals surface area contributed by atoms with Crippen molar-refractivity contribution in [3.05, 3.63) is 88.9 Å². The van der Waals surface area contributed by atoms with Gasteiger partial charge in [-0.2, -0.15) is 0 Å². The average Bonchev–Trinajstić information content (AvgIpc) is 3.27. The van der Waals surface area contributed by atoms with Crippen LogP contribution >= 0.6 is 22.9 Å². The topological polar surface area (TPSA) is 67.3 Å². The third kappa shape index (κ3) is 5.66. The van der Waals surface area contributed by atoms with Gasteiger partial charge in [0.25, 0.3) is 0 Å². The normalized spacial score (nSPS) is 11.6. The molecule has 0 aliphatic heterocycles. The van der Waals surface area contributed by atoms with Crippen LogP contribution in [0.5, 0.6) is 0 Å². The number of aromatic nitrogens is 1. The smallest absolute Gasteiger partial charge is 0.229 e. The Morgan fingerprint density at radius 3 is 2.44 bits per heavy atom. The molecule has 0 aliphatic carbocycles. The number of benzene rings is 3. The van der Waals surface area contributed by atoms with Gasteiger partial charge in [-0.15, -0.1) is 0 Å². The number of carbonyl (C=O) groups excluding carboxylic acids is 1. The maximum Gasteiger partial charge on any atom is 0.229 e. The van der Waals surface area contributed by atoms with Crippen LogP contribution in [0.3, 0.4) is 0 Å². The zero-order chi connectivity index (χ0) is 24.1. The average molecular weight is 513 g/mol. The van der Waals surface area contributed by atoms with E-state index >= 15 is 0 Å². The lowest BCUT2D eigenvalue weighted by Gasteiger charge is -2.20. The Morgan fingerprint density at radius 1 is 1.00 bits per heavy atom. The highest BCUT2D eigenvalue weighted by Crippen LogP contribution is 2.32. The number of rotatable bonds is 9. The zero-order valence-corrected chi connectivity index (χ0v) is 21.2. The van der Waals surface area contributed by atoms with Crippen molar-refractivity contribution in [2.45, 2.75) is 37.6 Å². The molecule has 8 heteroatoms. The predicted octanol–water partition coefficient (Wildman–Crippen LogP) is 6.30. The summed E-state index contributed by atoms with van der Waals surface area (Å²) in [5, 5.41) is 1.11. The quantitative estimate of drug-likeness (QED) is 0.264. The molecular weight excluding hydrogens is 488 g/mol. The molecule has 0 unspecified atom stereocenters. The second-order valence-corrected chi connectivity index (χ2v) is 11.5. The number of carbonyl (C=O) groups is 1. The molecule has 176 valence electrons. The number of thiazole rings is 1. The standard InChI is InChI=1S/C26H25ClN2O3S2/c1-2-20-10-6-11-23-25(20)28-26(33-23)29(18-19-8-4-3-5-9-19)24(30)12-7-17-34(31,32)22-15-13-21(27)14-16-22/h3-6,8-11,13-16H,2,7,12,17-18H2,1H3. The predicted molar refractivity (Wildman–Crippen MR) is 139 cm³/mol. The summed E-state index contributed by atoms with van der Waals surface area (Å²) in [4.78, 5) is 20.0. The molecular formula is C26H25ClN2O3S2. The van der Waals surface area contributed by atoms with Crippen LogP contribution in [0.2, 0.25) is 5.02 Å². The zero-order valence-electron chi connectivity index (χ0n) is 18.8. The molecule has 1 aromatic heterocycles. The molecule has 0 fully saturated rings. The van der Waals surface area contributed by atoms with Gasteiger partial charge < -0.3 is 0 Å². The van der Waals surface area contributed by atoms with Gasteiger partial charge in [0.15, 0.2) is 15.0 Å². The number of nitrogens with zero attached hydrogens (tertiary/aromatic N) is 2. The first kappa shape index (κ1) is 24.4. The molecule has 0 atom stereocenters. The van der Waals surface area contributed by atoms with Crippen molar-refractivity contribution < 1.29 is 13.2 Å². The van der Waals surface area contributed by atoms with Crippen LogP contribution in [-0.4, -0.2) is 25.1 Å². The fourth-order valence-corrected chi connectivity index (χ4v) is 6.20. The number of sulfone groups is 1. The second-order valence-electron chi connectivity index (χ2n) is 7.96. The van der Waals surface area contributed by atoms with Gasteiger partial charge >= 0.3 is 0 Å². The van der Waals surface area contributed by atoms with Crippen molar-refractivity contribution in [2.75, 3.05) is 10.7 Å². The van der Waals surface area contributed by atoms with E-state index in [2.05, 4.69) is 13.0 Å². The van der Waals surface area contributed by atoms with E-state index in [4.69, 9.17) is 16.6 Å². The molecule has 1 amide bonds. The first-order valence-corrected chi connectivity index (χ1v) is 13.9. The van der Waals surface area contributed by atoms with Crippen LogP contribution in [0.25, 0.3) is 10.2 Å². The molecule has 0 bridgehead atoms. The molecule has 34 heavy (non-hydrogen) atoms. The second kappa shape index (κ2) is 10.7. The lowest BCUT2D eigenvalue weighted by atomic mass is 10.1. The fraction of sp³-hybridized carbons (Fsp3) is 0.231. The minimum Gasteiger partial charge on any atom is -0.284 e. The Labute approximate surface area is 208 Å². The number of para-hydroxylation sites is 1. The van der Waals surface area contributed by atoms with E-state index in [9.17, 15) is 13.2 Å². The van der Waals surface area contributed by atoms with E-state index in [0.29, 0.717) is 16.7 Å². The highest BCUT2D eigenvalue weighted by Gasteiger charge is 2.22.